The molecule has 2 aliphatic heterocycles. The standard InChI is InChI=1S/C26H23BrN6O2/c27-22-10-5-18(25(34)32-19-6-1-16(2-7-19)23-28-11-12-29-23)15-21(22)26(35)33-20-8-3-17(4-9-20)24-30-13-14-31-24/h1-10,15H,11-14H2,(H,28,29)(H,30,31)(H,32,34)(H,33,35). The van der Waals surface area contributed by atoms with Gasteiger partial charge in [0.1, 0.15) is 11.7 Å². The molecule has 35 heavy (non-hydrogen) atoms. The summed E-state index contributed by atoms with van der Waals surface area (Å²) in [5.41, 5.74) is 4.01. The Morgan fingerprint density at radius 1 is 0.714 bits per heavy atom. The van der Waals surface area contributed by atoms with Crippen LogP contribution in [0.15, 0.2) is 81.2 Å². The summed E-state index contributed by atoms with van der Waals surface area (Å²) in [6, 6.07) is 19.9. The van der Waals surface area contributed by atoms with Crippen molar-refractivity contribution < 1.29 is 9.59 Å². The van der Waals surface area contributed by atoms with Crippen molar-refractivity contribution in [3.63, 3.8) is 0 Å². The quantitative estimate of drug-likeness (QED) is 0.390. The molecular weight excluding hydrogens is 508 g/mol. The monoisotopic (exact) mass is 530 g/mol. The zero-order chi connectivity index (χ0) is 24.2. The number of rotatable bonds is 6. The lowest BCUT2D eigenvalue weighted by atomic mass is 10.1. The smallest absolute Gasteiger partial charge is 0.256 e. The minimum Gasteiger partial charge on any atom is -0.368 e. The number of nitrogens with zero attached hydrogens (tertiary/aromatic N) is 2. The molecule has 8 nitrogen and oxygen atoms in total. The van der Waals surface area contributed by atoms with E-state index in [1.54, 1.807) is 18.2 Å². The lowest BCUT2D eigenvalue weighted by Gasteiger charge is -2.11. The Morgan fingerprint density at radius 2 is 1.23 bits per heavy atom. The normalized spacial score (nSPS) is 14.4. The molecule has 3 aromatic carbocycles. The number of amidine groups is 2. The minimum absolute atomic E-state index is 0.301. The lowest BCUT2D eigenvalue weighted by molar-refractivity contribution is 0.102. The first-order chi connectivity index (χ1) is 17.1. The van der Waals surface area contributed by atoms with Gasteiger partial charge in [0.15, 0.2) is 0 Å². The maximum atomic E-state index is 12.9. The third kappa shape index (κ3) is 5.25. The number of aliphatic imine (C=N–C) groups is 2. The maximum Gasteiger partial charge on any atom is 0.256 e. The SMILES string of the molecule is O=C(Nc1ccc(C2=NCCN2)cc1)c1ccc(Br)c(C(=O)Nc2ccc(C3=NCCN3)cc2)c1. The highest BCUT2D eigenvalue weighted by Gasteiger charge is 2.16. The first-order valence-electron chi connectivity index (χ1n) is 11.3. The van der Waals surface area contributed by atoms with E-state index >= 15 is 0 Å². The summed E-state index contributed by atoms with van der Waals surface area (Å²) in [6.07, 6.45) is 0. The number of benzene rings is 3. The van der Waals surface area contributed by atoms with Crippen LogP contribution < -0.4 is 21.3 Å². The molecular formula is C26H23BrN6O2. The van der Waals surface area contributed by atoms with Gasteiger partial charge in [-0.15, -0.1) is 0 Å². The zero-order valence-corrected chi connectivity index (χ0v) is 20.4. The molecule has 0 unspecified atom stereocenters. The van der Waals surface area contributed by atoms with Gasteiger partial charge in [-0.05, 0) is 82.7 Å². The summed E-state index contributed by atoms with van der Waals surface area (Å²) in [5.74, 6) is 1.11. The van der Waals surface area contributed by atoms with Gasteiger partial charge >= 0.3 is 0 Å². The summed E-state index contributed by atoms with van der Waals surface area (Å²) in [4.78, 5) is 34.6. The van der Waals surface area contributed by atoms with Crippen LogP contribution in [0.5, 0.6) is 0 Å². The highest BCUT2D eigenvalue weighted by atomic mass is 79.9. The molecule has 0 atom stereocenters. The number of carbonyl (C=O) groups is 2. The molecule has 0 aliphatic carbocycles. The van der Waals surface area contributed by atoms with Crippen molar-refractivity contribution in [3.8, 4) is 0 Å². The van der Waals surface area contributed by atoms with Gasteiger partial charge in [-0.1, -0.05) is 0 Å². The molecule has 4 N–H and O–H groups in total. The van der Waals surface area contributed by atoms with Gasteiger partial charge in [0.2, 0.25) is 0 Å². The van der Waals surface area contributed by atoms with E-state index in [-0.39, 0.29) is 11.8 Å². The number of hydrogen-bond donors (Lipinski definition) is 4. The summed E-state index contributed by atoms with van der Waals surface area (Å²) in [6.45, 7) is 3.21. The Hall–Kier alpha value is -3.98. The largest absolute Gasteiger partial charge is 0.368 e. The van der Waals surface area contributed by atoms with Crippen LogP contribution in [-0.2, 0) is 0 Å². The van der Waals surface area contributed by atoms with Crippen LogP contribution in [0.25, 0.3) is 0 Å². The van der Waals surface area contributed by atoms with Crippen molar-refractivity contribution in [1.29, 1.82) is 0 Å². The van der Waals surface area contributed by atoms with Gasteiger partial charge in [0.25, 0.3) is 11.8 Å². The molecule has 3 aromatic rings. The molecule has 0 saturated heterocycles. The Labute approximate surface area is 211 Å². The van der Waals surface area contributed by atoms with Gasteiger partial charge in [0, 0.05) is 45.6 Å². The van der Waals surface area contributed by atoms with Gasteiger partial charge in [0.05, 0.1) is 18.7 Å². The molecule has 0 bridgehead atoms. The molecule has 5 rings (SSSR count). The Morgan fingerprint density at radius 3 is 1.71 bits per heavy atom. The van der Waals surface area contributed by atoms with Gasteiger partial charge in [-0.3, -0.25) is 19.6 Å². The number of halogens is 1. The molecule has 2 heterocycles. The lowest BCUT2D eigenvalue weighted by Crippen LogP contribution is -2.19. The van der Waals surface area contributed by atoms with E-state index in [1.807, 2.05) is 48.5 Å². The van der Waals surface area contributed by atoms with E-state index in [0.717, 1.165) is 49.0 Å². The Bertz CT molecular complexity index is 1330. The van der Waals surface area contributed by atoms with Crippen LogP contribution in [0.3, 0.4) is 0 Å². The summed E-state index contributed by atoms with van der Waals surface area (Å²) >= 11 is 3.42. The second-order valence-corrected chi connectivity index (χ2v) is 8.93. The minimum atomic E-state index is -0.315. The van der Waals surface area contributed by atoms with Crippen molar-refractivity contribution in [2.45, 2.75) is 0 Å². The van der Waals surface area contributed by atoms with E-state index < -0.39 is 0 Å². The summed E-state index contributed by atoms with van der Waals surface area (Å²) in [5, 5.41) is 12.2. The molecule has 0 spiro atoms. The molecule has 0 fully saturated rings. The van der Waals surface area contributed by atoms with Crippen molar-refractivity contribution in [2.24, 2.45) is 9.98 Å². The number of amides is 2. The fourth-order valence-corrected chi connectivity index (χ4v) is 4.27. The molecule has 0 aromatic heterocycles. The van der Waals surface area contributed by atoms with Crippen LogP contribution >= 0.6 is 15.9 Å². The van der Waals surface area contributed by atoms with Gasteiger partial charge in [-0.25, -0.2) is 0 Å². The summed E-state index contributed by atoms with van der Waals surface area (Å²) in [7, 11) is 0. The topological polar surface area (TPSA) is 107 Å². The molecule has 2 amide bonds. The molecule has 9 heteroatoms. The van der Waals surface area contributed by atoms with Crippen molar-refractivity contribution in [3.05, 3.63) is 93.5 Å². The predicted molar refractivity (Wildman–Crippen MR) is 142 cm³/mol. The Balaban J connectivity index is 1.26. The second-order valence-electron chi connectivity index (χ2n) is 8.07. The van der Waals surface area contributed by atoms with Crippen LogP contribution in [0.2, 0.25) is 0 Å². The van der Waals surface area contributed by atoms with Gasteiger partial charge < -0.3 is 21.3 Å². The second kappa shape index (κ2) is 10.1. The van der Waals surface area contributed by atoms with Gasteiger partial charge in [-0.2, -0.15) is 0 Å². The molecule has 0 radical (unpaired) electrons. The number of hydrogen-bond acceptors (Lipinski definition) is 6. The Kier molecular flexibility index (Phi) is 6.58. The first kappa shape index (κ1) is 22.8. The number of anilines is 2. The molecule has 176 valence electrons. The molecule has 0 saturated carbocycles. The van der Waals surface area contributed by atoms with Crippen LogP contribution in [-0.4, -0.2) is 49.7 Å². The van der Waals surface area contributed by atoms with Crippen LogP contribution in [0.1, 0.15) is 31.8 Å². The average molecular weight is 531 g/mol. The number of carbonyl (C=O) groups excluding carboxylic acids is 2. The predicted octanol–water partition coefficient (Wildman–Crippen LogP) is 3.65. The molecule has 2 aliphatic rings. The van der Waals surface area contributed by atoms with Crippen molar-refractivity contribution in [1.82, 2.24) is 10.6 Å². The average Bonchev–Trinajstić information content (AvgIpc) is 3.60. The van der Waals surface area contributed by atoms with Crippen molar-refractivity contribution in [2.75, 3.05) is 36.8 Å². The fourth-order valence-electron chi connectivity index (χ4n) is 3.85. The zero-order valence-electron chi connectivity index (χ0n) is 18.8. The third-order valence-corrected chi connectivity index (χ3v) is 6.35. The summed E-state index contributed by atoms with van der Waals surface area (Å²) < 4.78 is 0.599. The van der Waals surface area contributed by atoms with Crippen LogP contribution in [0, 0.1) is 0 Å². The van der Waals surface area contributed by atoms with E-state index in [4.69, 9.17) is 0 Å². The van der Waals surface area contributed by atoms with Crippen molar-refractivity contribution >= 4 is 50.8 Å². The maximum absolute atomic E-state index is 12.9. The highest BCUT2D eigenvalue weighted by Crippen LogP contribution is 2.22. The fraction of sp³-hybridized carbons (Fsp3) is 0.154. The number of nitrogens with one attached hydrogen (secondary N) is 4. The van der Waals surface area contributed by atoms with E-state index in [2.05, 4.69) is 47.2 Å². The first-order valence-corrected chi connectivity index (χ1v) is 12.1. The third-order valence-electron chi connectivity index (χ3n) is 5.65. The highest BCUT2D eigenvalue weighted by molar-refractivity contribution is 9.10. The van der Waals surface area contributed by atoms with E-state index in [0.29, 0.717) is 27.0 Å². The van der Waals surface area contributed by atoms with E-state index in [9.17, 15) is 9.59 Å². The van der Waals surface area contributed by atoms with E-state index in [1.165, 1.54) is 0 Å². The van der Waals surface area contributed by atoms with Crippen LogP contribution in [0.4, 0.5) is 11.4 Å².